The lowest BCUT2D eigenvalue weighted by molar-refractivity contribution is -0.0734. The molecule has 2 aliphatic rings. The summed E-state index contributed by atoms with van der Waals surface area (Å²) in [6.07, 6.45) is 6.27. The number of aromatic nitrogens is 1. The molecule has 3 nitrogen and oxygen atoms in total. The number of pyridine rings is 1. The normalized spacial score (nSPS) is 30.7. The van der Waals surface area contributed by atoms with Gasteiger partial charge >= 0.3 is 0 Å². The van der Waals surface area contributed by atoms with Crippen molar-refractivity contribution >= 4 is 17.5 Å². The first-order chi connectivity index (χ1) is 9.20. The summed E-state index contributed by atoms with van der Waals surface area (Å²) >= 11 is 1.94. The van der Waals surface area contributed by atoms with Crippen LogP contribution in [0.25, 0.3) is 0 Å². The molecule has 3 heterocycles. The highest BCUT2D eigenvalue weighted by atomic mass is 32.2. The summed E-state index contributed by atoms with van der Waals surface area (Å²) in [5, 5.41) is 0. The number of nitrogens with zero attached hydrogens (tertiary/aromatic N) is 1. The van der Waals surface area contributed by atoms with E-state index in [9.17, 15) is 4.79 Å². The number of Topliss-reactive ketones (excluding diaryl/α,β-unsaturated/α-hetero) is 1. The van der Waals surface area contributed by atoms with Gasteiger partial charge in [0, 0.05) is 36.2 Å². The van der Waals surface area contributed by atoms with Crippen LogP contribution in [0.1, 0.15) is 35.2 Å². The van der Waals surface area contributed by atoms with Gasteiger partial charge in [-0.05, 0) is 43.6 Å². The molecular weight excluding hydrogens is 258 g/mol. The lowest BCUT2D eigenvalue weighted by atomic mass is 9.81. The van der Waals surface area contributed by atoms with Crippen LogP contribution in [-0.2, 0) is 4.74 Å². The SMILES string of the molecule is Cc1ccncc1C(=O)C1CCOC2(CCSC2)C1. The first-order valence-corrected chi connectivity index (χ1v) is 8.02. The van der Waals surface area contributed by atoms with Gasteiger partial charge in [-0.2, -0.15) is 11.8 Å². The standard InChI is InChI=1S/C15H19NO2S/c1-11-2-5-16-9-13(11)14(17)12-3-6-18-15(8-12)4-7-19-10-15/h2,5,9,12H,3-4,6-8,10H2,1H3. The smallest absolute Gasteiger partial charge is 0.167 e. The van der Waals surface area contributed by atoms with Crippen LogP contribution in [-0.4, -0.2) is 34.5 Å². The van der Waals surface area contributed by atoms with Gasteiger partial charge in [0.15, 0.2) is 5.78 Å². The quantitative estimate of drug-likeness (QED) is 0.779. The summed E-state index contributed by atoms with van der Waals surface area (Å²) in [5.41, 5.74) is 1.79. The molecule has 0 N–H and O–H groups in total. The number of aryl methyl sites for hydroxylation is 1. The zero-order valence-corrected chi connectivity index (χ0v) is 12.0. The molecule has 1 aromatic heterocycles. The number of ketones is 1. The van der Waals surface area contributed by atoms with Crippen LogP contribution in [0, 0.1) is 12.8 Å². The van der Waals surface area contributed by atoms with Crippen molar-refractivity contribution in [2.45, 2.75) is 31.8 Å². The molecular formula is C15H19NO2S. The molecule has 3 rings (SSSR count). The lowest BCUT2D eigenvalue weighted by Gasteiger charge is -2.37. The molecule has 0 radical (unpaired) electrons. The molecule has 0 saturated carbocycles. The van der Waals surface area contributed by atoms with E-state index < -0.39 is 0 Å². The number of hydrogen-bond acceptors (Lipinski definition) is 4. The van der Waals surface area contributed by atoms with Gasteiger partial charge in [-0.1, -0.05) is 0 Å². The van der Waals surface area contributed by atoms with Crippen LogP contribution in [0.3, 0.4) is 0 Å². The van der Waals surface area contributed by atoms with Gasteiger partial charge in [0.1, 0.15) is 0 Å². The molecule has 0 aliphatic carbocycles. The third-order valence-electron chi connectivity index (χ3n) is 4.24. The fourth-order valence-electron chi connectivity index (χ4n) is 3.06. The van der Waals surface area contributed by atoms with Gasteiger partial charge in [0.25, 0.3) is 0 Å². The first-order valence-electron chi connectivity index (χ1n) is 6.87. The summed E-state index contributed by atoms with van der Waals surface area (Å²) in [5.74, 6) is 2.57. The van der Waals surface area contributed by atoms with Crippen molar-refractivity contribution in [1.82, 2.24) is 4.98 Å². The molecule has 1 aromatic rings. The predicted molar refractivity (Wildman–Crippen MR) is 76.7 cm³/mol. The Labute approximate surface area is 118 Å². The van der Waals surface area contributed by atoms with Crippen LogP contribution < -0.4 is 0 Å². The predicted octanol–water partition coefficient (Wildman–Crippen LogP) is 2.88. The van der Waals surface area contributed by atoms with E-state index >= 15 is 0 Å². The molecule has 1 spiro atoms. The summed E-state index contributed by atoms with van der Waals surface area (Å²) in [4.78, 5) is 16.8. The molecule has 2 saturated heterocycles. The van der Waals surface area contributed by atoms with Crippen molar-refractivity contribution in [3.8, 4) is 0 Å². The Hall–Kier alpha value is -0.870. The van der Waals surface area contributed by atoms with E-state index in [1.54, 1.807) is 12.4 Å². The zero-order chi connectivity index (χ0) is 13.3. The number of carbonyl (C=O) groups excluding carboxylic acids is 1. The van der Waals surface area contributed by atoms with Gasteiger partial charge in [-0.15, -0.1) is 0 Å². The summed E-state index contributed by atoms with van der Waals surface area (Å²) < 4.78 is 5.98. The second-order valence-electron chi connectivity index (χ2n) is 5.58. The topological polar surface area (TPSA) is 39.2 Å². The second-order valence-corrected chi connectivity index (χ2v) is 6.68. The molecule has 2 unspecified atom stereocenters. The molecule has 4 heteroatoms. The maximum Gasteiger partial charge on any atom is 0.167 e. The molecule has 0 amide bonds. The van der Waals surface area contributed by atoms with Crippen molar-refractivity contribution < 1.29 is 9.53 Å². The third-order valence-corrected chi connectivity index (χ3v) is 5.46. The van der Waals surface area contributed by atoms with Gasteiger partial charge in [0.2, 0.25) is 0 Å². The Morgan fingerprint density at radius 1 is 1.58 bits per heavy atom. The summed E-state index contributed by atoms with van der Waals surface area (Å²) in [7, 11) is 0. The molecule has 19 heavy (non-hydrogen) atoms. The van der Waals surface area contributed by atoms with Crippen LogP contribution >= 0.6 is 11.8 Å². The highest BCUT2D eigenvalue weighted by molar-refractivity contribution is 7.99. The number of hydrogen-bond donors (Lipinski definition) is 0. The van der Waals surface area contributed by atoms with Crippen molar-refractivity contribution in [2.75, 3.05) is 18.1 Å². The van der Waals surface area contributed by atoms with E-state index in [0.29, 0.717) is 0 Å². The maximum absolute atomic E-state index is 12.7. The molecule has 0 aromatic carbocycles. The molecule has 2 fully saturated rings. The monoisotopic (exact) mass is 277 g/mol. The van der Waals surface area contributed by atoms with E-state index in [0.717, 1.165) is 48.5 Å². The largest absolute Gasteiger partial charge is 0.374 e. The fourth-order valence-corrected chi connectivity index (χ4v) is 4.43. The number of rotatable bonds is 2. The molecule has 0 bridgehead atoms. The van der Waals surface area contributed by atoms with Crippen molar-refractivity contribution in [1.29, 1.82) is 0 Å². The minimum Gasteiger partial charge on any atom is -0.374 e. The lowest BCUT2D eigenvalue weighted by Crippen LogP contribution is -2.42. The maximum atomic E-state index is 12.7. The minimum atomic E-state index is -0.0284. The highest BCUT2D eigenvalue weighted by Gasteiger charge is 2.42. The number of thioether (sulfide) groups is 1. The minimum absolute atomic E-state index is 0.0284. The van der Waals surface area contributed by atoms with Crippen LogP contribution in [0.5, 0.6) is 0 Å². The van der Waals surface area contributed by atoms with E-state index in [2.05, 4.69) is 4.98 Å². The van der Waals surface area contributed by atoms with Crippen LogP contribution in [0.15, 0.2) is 18.5 Å². The highest BCUT2D eigenvalue weighted by Crippen LogP contribution is 2.41. The third kappa shape index (κ3) is 2.56. The Bertz CT molecular complexity index is 483. The average Bonchev–Trinajstić information content (AvgIpc) is 2.86. The van der Waals surface area contributed by atoms with E-state index in [1.807, 2.05) is 24.8 Å². The van der Waals surface area contributed by atoms with Crippen molar-refractivity contribution in [3.05, 3.63) is 29.6 Å². The zero-order valence-electron chi connectivity index (χ0n) is 11.2. The van der Waals surface area contributed by atoms with E-state index in [4.69, 9.17) is 4.74 Å². The van der Waals surface area contributed by atoms with Crippen molar-refractivity contribution in [2.24, 2.45) is 5.92 Å². The van der Waals surface area contributed by atoms with Crippen molar-refractivity contribution in [3.63, 3.8) is 0 Å². The van der Waals surface area contributed by atoms with E-state index in [-0.39, 0.29) is 17.3 Å². The van der Waals surface area contributed by atoms with Gasteiger partial charge in [-0.3, -0.25) is 9.78 Å². The van der Waals surface area contributed by atoms with E-state index in [1.165, 1.54) is 0 Å². The Morgan fingerprint density at radius 3 is 3.21 bits per heavy atom. The first kappa shape index (κ1) is 13.1. The average molecular weight is 277 g/mol. The molecule has 2 atom stereocenters. The Balaban J connectivity index is 1.78. The Kier molecular flexibility index (Phi) is 3.63. The van der Waals surface area contributed by atoms with Gasteiger partial charge < -0.3 is 4.74 Å². The fraction of sp³-hybridized carbons (Fsp3) is 0.600. The molecule has 2 aliphatic heterocycles. The summed E-state index contributed by atoms with van der Waals surface area (Å²) in [6.45, 7) is 2.70. The van der Waals surface area contributed by atoms with Gasteiger partial charge in [0.05, 0.1) is 5.60 Å². The molecule has 102 valence electrons. The van der Waals surface area contributed by atoms with Crippen LogP contribution in [0.2, 0.25) is 0 Å². The summed E-state index contributed by atoms with van der Waals surface area (Å²) in [6, 6.07) is 1.91. The Morgan fingerprint density at radius 2 is 2.47 bits per heavy atom. The van der Waals surface area contributed by atoms with Gasteiger partial charge in [-0.25, -0.2) is 0 Å². The number of ether oxygens (including phenoxy) is 1. The second kappa shape index (κ2) is 5.25. The van der Waals surface area contributed by atoms with Crippen LogP contribution in [0.4, 0.5) is 0 Å². The number of carbonyl (C=O) groups is 1.